The van der Waals surface area contributed by atoms with Crippen LogP contribution in [0.4, 0.5) is 10.7 Å². The molecule has 0 aliphatic heterocycles. The molecule has 0 fully saturated rings. The van der Waals surface area contributed by atoms with Crippen LogP contribution in [0.5, 0.6) is 11.8 Å². The van der Waals surface area contributed by atoms with Crippen LogP contribution < -0.4 is 19.6 Å². The number of hydrazine groups is 1. The summed E-state index contributed by atoms with van der Waals surface area (Å²) in [4.78, 5) is 47.0. The molecule has 1 aromatic heterocycles. The predicted molar refractivity (Wildman–Crippen MR) is 111 cm³/mol. The Balaban J connectivity index is 2.50. The Labute approximate surface area is 188 Å². The molecule has 2 amide bonds. The maximum absolute atomic E-state index is 13.0. The van der Waals surface area contributed by atoms with Gasteiger partial charge in [-0.15, -0.1) is 4.83 Å². The van der Waals surface area contributed by atoms with E-state index in [4.69, 9.17) is 9.47 Å². The number of aromatic nitrogens is 2. The predicted octanol–water partition coefficient (Wildman–Crippen LogP) is -0.0642. The zero-order valence-corrected chi connectivity index (χ0v) is 18.8. The van der Waals surface area contributed by atoms with Crippen molar-refractivity contribution >= 4 is 33.9 Å². The molecule has 33 heavy (non-hydrogen) atoms. The number of urea groups is 1. The molecule has 1 heterocycles. The average molecular weight is 483 g/mol. The van der Waals surface area contributed by atoms with Crippen LogP contribution >= 0.6 is 0 Å². The number of carbonyl (C=O) groups is 3. The topological polar surface area (TPSA) is 175 Å². The molecule has 15 heteroatoms. The van der Waals surface area contributed by atoms with Gasteiger partial charge in [0.05, 0.1) is 39.4 Å². The Kier molecular flexibility index (Phi) is 8.47. The van der Waals surface area contributed by atoms with E-state index in [0.29, 0.717) is 0 Å². The zero-order valence-electron chi connectivity index (χ0n) is 18.0. The van der Waals surface area contributed by atoms with Gasteiger partial charge in [-0.3, -0.25) is 5.32 Å². The molecule has 1 aromatic carbocycles. The molecule has 178 valence electrons. The summed E-state index contributed by atoms with van der Waals surface area (Å²) in [6, 6.07) is 4.77. The summed E-state index contributed by atoms with van der Waals surface area (Å²) >= 11 is 0. The Hall–Kier alpha value is -3.98. The number of carbonyl (C=O) groups excluding carboxylic acids is 3. The van der Waals surface area contributed by atoms with Gasteiger partial charge in [0.1, 0.15) is 0 Å². The van der Waals surface area contributed by atoms with E-state index in [1.165, 1.54) is 44.6 Å². The summed E-state index contributed by atoms with van der Waals surface area (Å²) in [5.74, 6) is -2.93. The monoisotopic (exact) mass is 483 g/mol. The summed E-state index contributed by atoms with van der Waals surface area (Å²) in [6.07, 6.45) is 0. The standard InChI is InChI=1S/C18H21N5O9S/c1-29-12-10-13(30-2)20-17(19-12)21-18(26)23(14(15(24)31-3)16(25)32-4)22-33(27,28)11-8-6-5-7-9-11/h5-10,14,22H,1-4H3,(H,19,20,21,26). The molecule has 0 atom stereocenters. The van der Waals surface area contributed by atoms with Gasteiger partial charge in [-0.1, -0.05) is 18.2 Å². The van der Waals surface area contributed by atoms with Crippen LogP contribution in [-0.2, 0) is 29.1 Å². The molecule has 0 bridgehead atoms. The van der Waals surface area contributed by atoms with E-state index in [9.17, 15) is 22.8 Å². The van der Waals surface area contributed by atoms with Crippen LogP contribution in [0.15, 0.2) is 41.3 Å². The highest BCUT2D eigenvalue weighted by Gasteiger charge is 2.41. The van der Waals surface area contributed by atoms with Crippen LogP contribution in [0.1, 0.15) is 0 Å². The van der Waals surface area contributed by atoms with Crippen LogP contribution in [0, 0.1) is 0 Å². The molecule has 14 nitrogen and oxygen atoms in total. The second-order valence-corrected chi connectivity index (χ2v) is 7.59. The molecule has 0 aliphatic carbocycles. The van der Waals surface area contributed by atoms with E-state index in [0.717, 1.165) is 14.2 Å². The molecular weight excluding hydrogens is 462 g/mol. The quantitative estimate of drug-likeness (QED) is 0.277. The first-order valence-electron chi connectivity index (χ1n) is 8.97. The van der Waals surface area contributed by atoms with Gasteiger partial charge < -0.3 is 18.9 Å². The number of amides is 2. The molecule has 0 unspecified atom stereocenters. The van der Waals surface area contributed by atoms with Gasteiger partial charge in [-0.05, 0) is 12.1 Å². The highest BCUT2D eigenvalue weighted by atomic mass is 32.2. The Morgan fingerprint density at radius 3 is 1.88 bits per heavy atom. The van der Waals surface area contributed by atoms with Crippen molar-refractivity contribution in [3.63, 3.8) is 0 Å². The molecule has 0 radical (unpaired) electrons. The minimum Gasteiger partial charge on any atom is -0.481 e. The highest BCUT2D eigenvalue weighted by molar-refractivity contribution is 7.89. The van der Waals surface area contributed by atoms with Crippen LogP contribution in [-0.4, -0.2) is 75.8 Å². The first-order valence-corrected chi connectivity index (χ1v) is 10.5. The maximum Gasteiger partial charge on any atom is 0.342 e. The van der Waals surface area contributed by atoms with Gasteiger partial charge in [0.25, 0.3) is 10.0 Å². The number of esters is 2. The minimum absolute atomic E-state index is 0.00560. The van der Waals surface area contributed by atoms with Gasteiger partial charge in [0.15, 0.2) is 0 Å². The molecule has 0 saturated carbocycles. The fourth-order valence-corrected chi connectivity index (χ4v) is 3.42. The third-order valence-corrected chi connectivity index (χ3v) is 5.24. The van der Waals surface area contributed by atoms with Crippen LogP contribution in [0.25, 0.3) is 0 Å². The SMILES string of the molecule is COC(=O)C(C(=O)OC)N(NS(=O)(=O)c1ccccc1)C(=O)Nc1nc(OC)cc(OC)n1. The first kappa shape index (κ1) is 25.3. The van der Waals surface area contributed by atoms with Gasteiger partial charge >= 0.3 is 18.0 Å². The summed E-state index contributed by atoms with van der Waals surface area (Å²) in [6.45, 7) is 0. The van der Waals surface area contributed by atoms with E-state index in [1.807, 2.05) is 4.83 Å². The van der Waals surface area contributed by atoms with Crippen molar-refractivity contribution in [2.75, 3.05) is 33.8 Å². The second kappa shape index (κ2) is 11.1. The molecular formula is C18H21N5O9S. The number of hydrogen-bond donors (Lipinski definition) is 2. The largest absolute Gasteiger partial charge is 0.481 e. The summed E-state index contributed by atoms with van der Waals surface area (Å²) in [7, 11) is 0.0471. The lowest BCUT2D eigenvalue weighted by Crippen LogP contribution is -2.59. The summed E-state index contributed by atoms with van der Waals surface area (Å²) in [5, 5.41) is 2.36. The summed E-state index contributed by atoms with van der Waals surface area (Å²) < 4.78 is 44.7. The number of sulfonamides is 1. The second-order valence-electron chi connectivity index (χ2n) is 5.93. The molecule has 0 saturated heterocycles. The maximum atomic E-state index is 13.0. The number of nitrogens with zero attached hydrogens (tertiary/aromatic N) is 3. The molecule has 2 N–H and O–H groups in total. The van der Waals surface area contributed by atoms with Crippen molar-refractivity contribution in [2.45, 2.75) is 10.9 Å². The van der Waals surface area contributed by atoms with Crippen molar-refractivity contribution in [3.8, 4) is 11.8 Å². The van der Waals surface area contributed by atoms with Crippen LogP contribution in [0.3, 0.4) is 0 Å². The number of nitrogens with one attached hydrogen (secondary N) is 2. The summed E-state index contributed by atoms with van der Waals surface area (Å²) in [5.41, 5.74) is 0. The number of benzene rings is 1. The van der Waals surface area contributed by atoms with Gasteiger partial charge in [-0.25, -0.2) is 27.8 Å². The first-order chi connectivity index (χ1) is 15.7. The minimum atomic E-state index is -4.44. The Morgan fingerprint density at radius 2 is 1.42 bits per heavy atom. The normalized spacial score (nSPS) is 10.8. The fourth-order valence-electron chi connectivity index (χ4n) is 2.35. The Bertz CT molecular complexity index is 1070. The molecule has 2 rings (SSSR count). The van der Waals surface area contributed by atoms with Gasteiger partial charge in [-0.2, -0.15) is 9.97 Å². The lowest BCUT2D eigenvalue weighted by Gasteiger charge is -2.27. The van der Waals surface area contributed by atoms with Crippen molar-refractivity contribution in [3.05, 3.63) is 36.4 Å². The van der Waals surface area contributed by atoms with E-state index >= 15 is 0 Å². The number of hydrogen-bond acceptors (Lipinski definition) is 11. The van der Waals surface area contributed by atoms with Crippen molar-refractivity contribution in [1.29, 1.82) is 0 Å². The lowest BCUT2D eigenvalue weighted by atomic mass is 10.3. The third-order valence-electron chi connectivity index (χ3n) is 3.91. The fraction of sp³-hybridized carbons (Fsp3) is 0.278. The Morgan fingerprint density at radius 1 is 0.909 bits per heavy atom. The molecule has 0 spiro atoms. The molecule has 2 aromatic rings. The lowest BCUT2D eigenvalue weighted by molar-refractivity contribution is -0.159. The van der Waals surface area contributed by atoms with E-state index < -0.39 is 34.0 Å². The van der Waals surface area contributed by atoms with Crippen molar-refractivity contribution < 1.29 is 41.7 Å². The van der Waals surface area contributed by atoms with E-state index in [1.54, 1.807) is 6.07 Å². The van der Waals surface area contributed by atoms with Crippen molar-refractivity contribution in [1.82, 2.24) is 19.8 Å². The number of ether oxygens (including phenoxy) is 4. The average Bonchev–Trinajstić information content (AvgIpc) is 2.83. The highest BCUT2D eigenvalue weighted by Crippen LogP contribution is 2.18. The van der Waals surface area contributed by atoms with Crippen LogP contribution in [0.2, 0.25) is 0 Å². The van der Waals surface area contributed by atoms with E-state index in [-0.39, 0.29) is 27.6 Å². The van der Waals surface area contributed by atoms with Gasteiger partial charge in [0.2, 0.25) is 23.8 Å². The zero-order chi connectivity index (χ0) is 24.6. The number of rotatable bonds is 9. The van der Waals surface area contributed by atoms with E-state index in [2.05, 4.69) is 24.8 Å². The van der Waals surface area contributed by atoms with Crippen molar-refractivity contribution in [2.24, 2.45) is 0 Å². The number of methoxy groups -OCH3 is 4. The molecule has 0 aliphatic rings. The van der Waals surface area contributed by atoms with Gasteiger partial charge in [0, 0.05) is 0 Å². The number of anilines is 1. The third kappa shape index (κ3) is 6.27. The smallest absolute Gasteiger partial charge is 0.342 e.